The van der Waals surface area contributed by atoms with Crippen LogP contribution >= 0.6 is 15.9 Å². The predicted molar refractivity (Wildman–Crippen MR) is 85.8 cm³/mol. The van der Waals surface area contributed by atoms with Crippen molar-refractivity contribution in [2.24, 2.45) is 5.92 Å². The molecule has 1 heterocycles. The number of nitrogens with one attached hydrogen (secondary N) is 2. The van der Waals surface area contributed by atoms with Gasteiger partial charge in [-0.15, -0.1) is 0 Å². The van der Waals surface area contributed by atoms with Crippen LogP contribution in [-0.2, 0) is 4.79 Å². The van der Waals surface area contributed by atoms with E-state index < -0.39 is 0 Å². The zero-order valence-electron chi connectivity index (χ0n) is 12.0. The van der Waals surface area contributed by atoms with Crippen LogP contribution in [0.2, 0.25) is 0 Å². The van der Waals surface area contributed by atoms with Gasteiger partial charge in [-0.25, -0.2) is 0 Å². The molecule has 20 heavy (non-hydrogen) atoms. The van der Waals surface area contributed by atoms with E-state index in [9.17, 15) is 4.79 Å². The second-order valence-electron chi connectivity index (χ2n) is 5.67. The Morgan fingerprint density at radius 3 is 2.85 bits per heavy atom. The van der Waals surface area contributed by atoms with Crippen molar-refractivity contribution in [1.82, 2.24) is 10.6 Å². The highest BCUT2D eigenvalue weighted by atomic mass is 79.9. The van der Waals surface area contributed by atoms with Crippen LogP contribution in [0.3, 0.4) is 0 Å². The van der Waals surface area contributed by atoms with Crippen LogP contribution in [0.25, 0.3) is 0 Å². The van der Waals surface area contributed by atoms with Crippen molar-refractivity contribution in [3.05, 3.63) is 34.3 Å². The van der Waals surface area contributed by atoms with E-state index in [1.54, 1.807) is 0 Å². The SMILES string of the molecule is CC(CC(=O)NCC1CCCNC1)c1ccc(Br)cc1. The maximum Gasteiger partial charge on any atom is 0.220 e. The summed E-state index contributed by atoms with van der Waals surface area (Å²) in [6.45, 7) is 5.05. The molecule has 1 amide bonds. The maximum absolute atomic E-state index is 12.0. The number of hydrogen-bond acceptors (Lipinski definition) is 2. The van der Waals surface area contributed by atoms with Gasteiger partial charge in [-0.3, -0.25) is 4.79 Å². The van der Waals surface area contributed by atoms with Crippen LogP contribution in [0.15, 0.2) is 28.7 Å². The van der Waals surface area contributed by atoms with Gasteiger partial charge in [0.1, 0.15) is 0 Å². The van der Waals surface area contributed by atoms with Gasteiger partial charge < -0.3 is 10.6 Å². The molecule has 110 valence electrons. The van der Waals surface area contributed by atoms with E-state index >= 15 is 0 Å². The average Bonchev–Trinajstić information content (AvgIpc) is 2.47. The van der Waals surface area contributed by atoms with Crippen molar-refractivity contribution in [3.8, 4) is 0 Å². The third-order valence-electron chi connectivity index (χ3n) is 3.92. The molecule has 4 heteroatoms. The number of benzene rings is 1. The number of amides is 1. The molecule has 1 aliphatic heterocycles. The van der Waals surface area contributed by atoms with Crippen LogP contribution in [0.1, 0.15) is 37.7 Å². The normalized spacial score (nSPS) is 20.4. The Kier molecular flexibility index (Phi) is 6.05. The van der Waals surface area contributed by atoms with Gasteiger partial charge in [-0.1, -0.05) is 35.0 Å². The number of hydrogen-bond donors (Lipinski definition) is 2. The minimum Gasteiger partial charge on any atom is -0.356 e. The monoisotopic (exact) mass is 338 g/mol. The molecule has 2 unspecified atom stereocenters. The number of carbonyl (C=O) groups excluding carboxylic acids is 1. The summed E-state index contributed by atoms with van der Waals surface area (Å²) < 4.78 is 1.07. The van der Waals surface area contributed by atoms with E-state index in [1.807, 2.05) is 12.1 Å². The Balaban J connectivity index is 1.74. The van der Waals surface area contributed by atoms with Crippen LogP contribution < -0.4 is 10.6 Å². The van der Waals surface area contributed by atoms with Crippen molar-refractivity contribution in [2.75, 3.05) is 19.6 Å². The first kappa shape index (κ1) is 15.5. The smallest absolute Gasteiger partial charge is 0.220 e. The van der Waals surface area contributed by atoms with Crippen LogP contribution in [-0.4, -0.2) is 25.5 Å². The molecule has 1 fully saturated rings. The molecule has 2 rings (SSSR count). The molecule has 3 nitrogen and oxygen atoms in total. The lowest BCUT2D eigenvalue weighted by Crippen LogP contribution is -2.38. The lowest BCUT2D eigenvalue weighted by molar-refractivity contribution is -0.121. The summed E-state index contributed by atoms with van der Waals surface area (Å²) in [6, 6.07) is 8.20. The first-order valence-electron chi connectivity index (χ1n) is 7.38. The molecule has 1 aromatic rings. The zero-order valence-corrected chi connectivity index (χ0v) is 13.6. The topological polar surface area (TPSA) is 41.1 Å². The fourth-order valence-electron chi connectivity index (χ4n) is 2.62. The standard InChI is InChI=1S/C16H23BrN2O/c1-12(14-4-6-15(17)7-5-14)9-16(20)19-11-13-3-2-8-18-10-13/h4-7,12-13,18H,2-3,8-11H2,1H3,(H,19,20). The van der Waals surface area contributed by atoms with Gasteiger partial charge in [0.2, 0.25) is 5.91 Å². The van der Waals surface area contributed by atoms with Crippen molar-refractivity contribution >= 4 is 21.8 Å². The number of rotatable bonds is 5. The van der Waals surface area contributed by atoms with Gasteiger partial charge in [0, 0.05) is 17.4 Å². The largest absolute Gasteiger partial charge is 0.356 e. The Hall–Kier alpha value is -0.870. The summed E-state index contributed by atoms with van der Waals surface area (Å²) in [5, 5.41) is 6.45. The van der Waals surface area contributed by atoms with E-state index in [0.717, 1.165) is 24.1 Å². The number of halogens is 1. The van der Waals surface area contributed by atoms with E-state index in [4.69, 9.17) is 0 Å². The third kappa shape index (κ3) is 4.91. The van der Waals surface area contributed by atoms with E-state index in [0.29, 0.717) is 12.3 Å². The highest BCUT2D eigenvalue weighted by Gasteiger charge is 2.15. The van der Waals surface area contributed by atoms with Crippen LogP contribution in [0, 0.1) is 5.92 Å². The molecule has 1 aromatic carbocycles. The van der Waals surface area contributed by atoms with E-state index in [-0.39, 0.29) is 11.8 Å². The molecule has 0 aromatic heterocycles. The lowest BCUT2D eigenvalue weighted by Gasteiger charge is -2.23. The second kappa shape index (κ2) is 7.79. The molecular formula is C16H23BrN2O. The van der Waals surface area contributed by atoms with Crippen molar-refractivity contribution < 1.29 is 4.79 Å². The lowest BCUT2D eigenvalue weighted by atomic mass is 9.97. The van der Waals surface area contributed by atoms with Gasteiger partial charge >= 0.3 is 0 Å². The molecule has 1 aliphatic rings. The number of carbonyl (C=O) groups is 1. The molecular weight excluding hydrogens is 316 g/mol. The van der Waals surface area contributed by atoms with Gasteiger partial charge in [0.15, 0.2) is 0 Å². The van der Waals surface area contributed by atoms with Crippen LogP contribution in [0.4, 0.5) is 0 Å². The molecule has 0 saturated carbocycles. The van der Waals surface area contributed by atoms with Crippen molar-refractivity contribution in [3.63, 3.8) is 0 Å². The van der Waals surface area contributed by atoms with Crippen LogP contribution in [0.5, 0.6) is 0 Å². The first-order valence-corrected chi connectivity index (χ1v) is 8.17. The predicted octanol–water partition coefficient (Wildman–Crippen LogP) is 3.06. The summed E-state index contributed by atoms with van der Waals surface area (Å²) in [4.78, 5) is 12.0. The molecule has 2 atom stereocenters. The van der Waals surface area contributed by atoms with Gasteiger partial charge in [0.25, 0.3) is 0 Å². The minimum atomic E-state index is 0.158. The number of piperidine rings is 1. The Labute approximate surface area is 129 Å². The maximum atomic E-state index is 12.0. The fraction of sp³-hybridized carbons (Fsp3) is 0.562. The molecule has 1 saturated heterocycles. The van der Waals surface area contributed by atoms with Crippen molar-refractivity contribution in [1.29, 1.82) is 0 Å². The third-order valence-corrected chi connectivity index (χ3v) is 4.45. The molecule has 2 N–H and O–H groups in total. The summed E-state index contributed by atoms with van der Waals surface area (Å²) in [7, 11) is 0. The average molecular weight is 339 g/mol. The van der Waals surface area contributed by atoms with E-state index in [2.05, 4.69) is 45.6 Å². The zero-order chi connectivity index (χ0) is 14.4. The van der Waals surface area contributed by atoms with Crippen molar-refractivity contribution in [2.45, 2.75) is 32.1 Å². The summed E-state index contributed by atoms with van der Waals surface area (Å²) in [5.74, 6) is 1.01. The summed E-state index contributed by atoms with van der Waals surface area (Å²) >= 11 is 3.43. The molecule has 0 bridgehead atoms. The van der Waals surface area contributed by atoms with Gasteiger partial charge in [-0.2, -0.15) is 0 Å². The Morgan fingerprint density at radius 2 is 2.20 bits per heavy atom. The highest BCUT2D eigenvalue weighted by molar-refractivity contribution is 9.10. The highest BCUT2D eigenvalue weighted by Crippen LogP contribution is 2.21. The fourth-order valence-corrected chi connectivity index (χ4v) is 2.88. The summed E-state index contributed by atoms with van der Waals surface area (Å²) in [6.07, 6.45) is 2.99. The van der Waals surface area contributed by atoms with Gasteiger partial charge in [-0.05, 0) is 55.5 Å². The Morgan fingerprint density at radius 1 is 1.45 bits per heavy atom. The minimum absolute atomic E-state index is 0.158. The first-order chi connectivity index (χ1) is 9.65. The molecule has 0 spiro atoms. The van der Waals surface area contributed by atoms with Gasteiger partial charge in [0.05, 0.1) is 0 Å². The molecule has 0 radical (unpaired) electrons. The molecule has 0 aliphatic carbocycles. The summed E-state index contributed by atoms with van der Waals surface area (Å²) in [5.41, 5.74) is 1.21. The quantitative estimate of drug-likeness (QED) is 0.866. The Bertz CT molecular complexity index is 427. The van der Waals surface area contributed by atoms with E-state index in [1.165, 1.54) is 18.4 Å². The second-order valence-corrected chi connectivity index (χ2v) is 6.59.